The van der Waals surface area contributed by atoms with Gasteiger partial charge in [0.05, 0.1) is 0 Å². The molecule has 1 saturated heterocycles. The van der Waals surface area contributed by atoms with E-state index in [0.29, 0.717) is 6.42 Å². The van der Waals surface area contributed by atoms with Crippen molar-refractivity contribution >= 4 is 12.0 Å². The third-order valence-electron chi connectivity index (χ3n) is 2.76. The molecule has 0 bridgehead atoms. The molecule has 1 aliphatic heterocycles. The molecule has 104 valence electrons. The SMILES string of the molecule is CC1(C)CCCC(NC(=O)OC(C)(C)C)C(=O)N1. The quantitative estimate of drug-likeness (QED) is 0.753. The second-order valence-electron chi connectivity index (χ2n) is 6.46. The van der Waals surface area contributed by atoms with Gasteiger partial charge < -0.3 is 15.4 Å². The molecule has 2 amide bonds. The number of alkyl carbamates (subject to hydrolysis) is 1. The summed E-state index contributed by atoms with van der Waals surface area (Å²) >= 11 is 0. The molecule has 1 atom stereocenters. The van der Waals surface area contributed by atoms with E-state index < -0.39 is 17.7 Å². The van der Waals surface area contributed by atoms with Crippen LogP contribution in [0.25, 0.3) is 0 Å². The number of rotatable bonds is 1. The predicted molar refractivity (Wildman–Crippen MR) is 69.2 cm³/mol. The van der Waals surface area contributed by atoms with Gasteiger partial charge in [0, 0.05) is 5.54 Å². The maximum atomic E-state index is 11.9. The summed E-state index contributed by atoms with van der Waals surface area (Å²) in [5.74, 6) is -0.136. The van der Waals surface area contributed by atoms with Crippen molar-refractivity contribution in [2.45, 2.75) is 71.1 Å². The second kappa shape index (κ2) is 5.16. The van der Waals surface area contributed by atoms with E-state index in [9.17, 15) is 9.59 Å². The topological polar surface area (TPSA) is 67.4 Å². The van der Waals surface area contributed by atoms with E-state index in [2.05, 4.69) is 10.6 Å². The van der Waals surface area contributed by atoms with Crippen LogP contribution in [0.5, 0.6) is 0 Å². The summed E-state index contributed by atoms with van der Waals surface area (Å²) in [6, 6.07) is -0.498. The first kappa shape index (κ1) is 14.8. The molecule has 0 saturated carbocycles. The highest BCUT2D eigenvalue weighted by Gasteiger charge is 2.31. The molecule has 5 heteroatoms. The second-order valence-corrected chi connectivity index (χ2v) is 6.46. The first-order chi connectivity index (χ1) is 8.09. The third kappa shape index (κ3) is 4.94. The van der Waals surface area contributed by atoms with E-state index >= 15 is 0 Å². The summed E-state index contributed by atoms with van der Waals surface area (Å²) in [5.41, 5.74) is -0.758. The average molecular weight is 256 g/mol. The summed E-state index contributed by atoms with van der Waals surface area (Å²) in [5, 5.41) is 5.56. The lowest BCUT2D eigenvalue weighted by atomic mass is 9.99. The zero-order chi connectivity index (χ0) is 14.0. The lowest BCUT2D eigenvalue weighted by Crippen LogP contribution is -2.51. The summed E-state index contributed by atoms with van der Waals surface area (Å²) in [6.07, 6.45) is 1.91. The van der Waals surface area contributed by atoms with Crippen molar-refractivity contribution in [2.24, 2.45) is 0 Å². The lowest BCUT2D eigenvalue weighted by molar-refractivity contribution is -0.124. The van der Waals surface area contributed by atoms with Gasteiger partial charge in [-0.3, -0.25) is 4.79 Å². The van der Waals surface area contributed by atoms with E-state index in [1.165, 1.54) is 0 Å². The Hall–Kier alpha value is -1.26. The lowest BCUT2D eigenvalue weighted by Gasteiger charge is -2.25. The van der Waals surface area contributed by atoms with Crippen molar-refractivity contribution in [1.82, 2.24) is 10.6 Å². The smallest absolute Gasteiger partial charge is 0.408 e. The molecular weight excluding hydrogens is 232 g/mol. The minimum Gasteiger partial charge on any atom is -0.444 e. The van der Waals surface area contributed by atoms with Crippen LogP contribution in [0.3, 0.4) is 0 Å². The highest BCUT2D eigenvalue weighted by Crippen LogP contribution is 2.19. The Morgan fingerprint density at radius 3 is 2.61 bits per heavy atom. The molecule has 0 radical (unpaired) electrons. The molecule has 0 spiro atoms. The van der Waals surface area contributed by atoms with Gasteiger partial charge >= 0.3 is 6.09 Å². The number of carbonyl (C=O) groups is 2. The van der Waals surface area contributed by atoms with Gasteiger partial charge in [0.25, 0.3) is 0 Å². The van der Waals surface area contributed by atoms with Gasteiger partial charge in [0.2, 0.25) is 5.91 Å². The van der Waals surface area contributed by atoms with Gasteiger partial charge in [-0.05, 0) is 53.9 Å². The molecule has 18 heavy (non-hydrogen) atoms. The normalized spacial score (nSPS) is 23.8. The van der Waals surface area contributed by atoms with Crippen molar-refractivity contribution in [3.8, 4) is 0 Å². The summed E-state index contributed by atoms with van der Waals surface area (Å²) in [7, 11) is 0. The molecule has 1 rings (SSSR count). The molecule has 0 aromatic carbocycles. The summed E-state index contributed by atoms with van der Waals surface area (Å²) in [4.78, 5) is 23.6. The number of nitrogens with one attached hydrogen (secondary N) is 2. The third-order valence-corrected chi connectivity index (χ3v) is 2.76. The van der Waals surface area contributed by atoms with Crippen LogP contribution in [0.4, 0.5) is 4.79 Å². The molecule has 0 aliphatic carbocycles. The fourth-order valence-corrected chi connectivity index (χ4v) is 1.95. The van der Waals surface area contributed by atoms with E-state index in [1.54, 1.807) is 20.8 Å². The van der Waals surface area contributed by atoms with E-state index in [0.717, 1.165) is 12.8 Å². The maximum absolute atomic E-state index is 11.9. The van der Waals surface area contributed by atoms with Crippen LogP contribution in [0.15, 0.2) is 0 Å². The fourth-order valence-electron chi connectivity index (χ4n) is 1.95. The van der Waals surface area contributed by atoms with Crippen molar-refractivity contribution in [3.63, 3.8) is 0 Å². The van der Waals surface area contributed by atoms with E-state index in [1.807, 2.05) is 13.8 Å². The van der Waals surface area contributed by atoms with Gasteiger partial charge in [0.15, 0.2) is 0 Å². The van der Waals surface area contributed by atoms with Crippen molar-refractivity contribution in [1.29, 1.82) is 0 Å². The molecule has 1 fully saturated rings. The van der Waals surface area contributed by atoms with Crippen LogP contribution in [0.1, 0.15) is 53.9 Å². The highest BCUT2D eigenvalue weighted by atomic mass is 16.6. The molecule has 1 heterocycles. The Labute approximate surface area is 109 Å². The molecule has 1 aliphatic rings. The summed E-state index contributed by atoms with van der Waals surface area (Å²) in [6.45, 7) is 9.36. The minimum atomic E-state index is -0.551. The highest BCUT2D eigenvalue weighted by molar-refractivity contribution is 5.86. The van der Waals surface area contributed by atoms with Gasteiger partial charge in [0.1, 0.15) is 11.6 Å². The monoisotopic (exact) mass is 256 g/mol. The molecule has 0 aromatic heterocycles. The first-order valence-corrected chi connectivity index (χ1v) is 6.41. The molecular formula is C13H24N2O3. The van der Waals surface area contributed by atoms with Crippen molar-refractivity contribution in [3.05, 3.63) is 0 Å². The number of hydrogen-bond acceptors (Lipinski definition) is 3. The van der Waals surface area contributed by atoms with Gasteiger partial charge in [-0.2, -0.15) is 0 Å². The zero-order valence-corrected chi connectivity index (χ0v) is 11.9. The van der Waals surface area contributed by atoms with E-state index in [-0.39, 0.29) is 11.4 Å². The van der Waals surface area contributed by atoms with Crippen LogP contribution in [-0.2, 0) is 9.53 Å². The Bertz CT molecular complexity index is 332. The van der Waals surface area contributed by atoms with Crippen molar-refractivity contribution in [2.75, 3.05) is 0 Å². The zero-order valence-electron chi connectivity index (χ0n) is 11.9. The fraction of sp³-hybridized carbons (Fsp3) is 0.846. The first-order valence-electron chi connectivity index (χ1n) is 6.41. The maximum Gasteiger partial charge on any atom is 0.408 e. The Morgan fingerprint density at radius 1 is 1.44 bits per heavy atom. The van der Waals surface area contributed by atoms with Gasteiger partial charge in [-0.25, -0.2) is 4.79 Å². The van der Waals surface area contributed by atoms with Crippen molar-refractivity contribution < 1.29 is 14.3 Å². The van der Waals surface area contributed by atoms with Gasteiger partial charge in [-0.1, -0.05) is 0 Å². The molecule has 0 aromatic rings. The molecule has 2 N–H and O–H groups in total. The summed E-state index contributed by atoms with van der Waals surface area (Å²) < 4.78 is 5.15. The average Bonchev–Trinajstić information content (AvgIpc) is 2.22. The van der Waals surface area contributed by atoms with Crippen LogP contribution < -0.4 is 10.6 Å². The minimum absolute atomic E-state index is 0.136. The number of ether oxygens (including phenoxy) is 1. The number of carbonyl (C=O) groups excluding carboxylic acids is 2. The van der Waals surface area contributed by atoms with Gasteiger partial charge in [-0.15, -0.1) is 0 Å². The van der Waals surface area contributed by atoms with E-state index in [4.69, 9.17) is 4.74 Å². The standard InChI is InChI=1S/C13H24N2O3/c1-12(2,3)18-11(17)14-9-7-6-8-13(4,5)15-10(9)16/h9H,6-8H2,1-5H3,(H,14,17)(H,15,16). The number of hydrogen-bond donors (Lipinski definition) is 2. The van der Waals surface area contributed by atoms with Crippen LogP contribution >= 0.6 is 0 Å². The molecule has 1 unspecified atom stereocenters. The Kier molecular flexibility index (Phi) is 4.24. The Morgan fingerprint density at radius 2 is 2.06 bits per heavy atom. The predicted octanol–water partition coefficient (Wildman–Crippen LogP) is 1.96. The van der Waals surface area contributed by atoms with Crippen LogP contribution in [0.2, 0.25) is 0 Å². The van der Waals surface area contributed by atoms with Crippen LogP contribution in [0, 0.1) is 0 Å². The Balaban J connectivity index is 2.57. The molecule has 5 nitrogen and oxygen atoms in total. The largest absolute Gasteiger partial charge is 0.444 e. The van der Waals surface area contributed by atoms with Crippen LogP contribution in [-0.4, -0.2) is 29.2 Å². The number of amides is 2.